The van der Waals surface area contributed by atoms with Gasteiger partial charge in [-0.05, 0) is 49.4 Å². The fourth-order valence-electron chi connectivity index (χ4n) is 4.30. The molecule has 4 aromatic rings. The van der Waals surface area contributed by atoms with Crippen molar-refractivity contribution in [1.82, 2.24) is 14.6 Å². The number of nitrogens with zero attached hydrogens (tertiary/aromatic N) is 4. The van der Waals surface area contributed by atoms with Crippen molar-refractivity contribution >= 4 is 34.5 Å². The summed E-state index contributed by atoms with van der Waals surface area (Å²) in [6, 6.07) is 9.59. The zero-order valence-electron chi connectivity index (χ0n) is 19.5. The highest BCUT2D eigenvalue weighted by atomic mass is 32.1. The number of amides is 2. The van der Waals surface area contributed by atoms with E-state index in [1.54, 1.807) is 20.8 Å². The number of carbonyl (C=O) groups is 2. The number of ether oxygens (including phenoxy) is 2. The van der Waals surface area contributed by atoms with Crippen molar-refractivity contribution < 1.29 is 19.1 Å². The number of rotatable bonds is 7. The minimum absolute atomic E-state index is 0.0211. The zero-order valence-corrected chi connectivity index (χ0v) is 20.3. The van der Waals surface area contributed by atoms with E-state index in [1.807, 2.05) is 49.6 Å². The van der Waals surface area contributed by atoms with Gasteiger partial charge in [-0.1, -0.05) is 6.07 Å². The highest BCUT2D eigenvalue weighted by Crippen LogP contribution is 2.35. The topological polar surface area (TPSA) is 112 Å². The third-order valence-corrected chi connectivity index (χ3v) is 6.96. The SMILES string of the molecule is Cc1nc2c(C(N)=O)cnn2c(C)c1CCC(=O)N(Cc1cccs1)c1ccc2c(c1)OCCO2. The lowest BCUT2D eigenvalue weighted by atomic mass is 10.1. The van der Waals surface area contributed by atoms with Crippen LogP contribution in [0, 0.1) is 13.8 Å². The lowest BCUT2D eigenvalue weighted by Crippen LogP contribution is -2.30. The molecule has 0 saturated heterocycles. The van der Waals surface area contributed by atoms with Crippen molar-refractivity contribution in [1.29, 1.82) is 0 Å². The number of anilines is 1. The highest BCUT2D eigenvalue weighted by Gasteiger charge is 2.22. The Morgan fingerprint density at radius 2 is 1.97 bits per heavy atom. The minimum atomic E-state index is -0.571. The predicted octanol–water partition coefficient (Wildman–Crippen LogP) is 3.44. The van der Waals surface area contributed by atoms with E-state index in [2.05, 4.69) is 10.1 Å². The Labute approximate surface area is 206 Å². The van der Waals surface area contributed by atoms with Gasteiger partial charge in [0.1, 0.15) is 18.8 Å². The van der Waals surface area contributed by atoms with Crippen LogP contribution in [0.25, 0.3) is 5.65 Å². The third-order valence-electron chi connectivity index (χ3n) is 6.10. The third kappa shape index (κ3) is 4.44. The Balaban J connectivity index is 1.42. The van der Waals surface area contributed by atoms with E-state index >= 15 is 0 Å². The summed E-state index contributed by atoms with van der Waals surface area (Å²) in [6.07, 6.45) is 2.19. The first-order chi connectivity index (χ1) is 16.9. The average Bonchev–Trinajstić information content (AvgIpc) is 3.52. The van der Waals surface area contributed by atoms with Gasteiger partial charge in [0.05, 0.1) is 12.7 Å². The second-order valence-electron chi connectivity index (χ2n) is 8.31. The number of carbonyl (C=O) groups excluding carboxylic acids is 2. The molecule has 0 spiro atoms. The van der Waals surface area contributed by atoms with Crippen molar-refractivity contribution in [3.63, 3.8) is 0 Å². The van der Waals surface area contributed by atoms with Gasteiger partial charge in [0.15, 0.2) is 17.1 Å². The van der Waals surface area contributed by atoms with Crippen LogP contribution in [0.2, 0.25) is 0 Å². The first-order valence-corrected chi connectivity index (χ1v) is 12.2. The maximum Gasteiger partial charge on any atom is 0.254 e. The summed E-state index contributed by atoms with van der Waals surface area (Å²) < 4.78 is 13.0. The number of aromatic nitrogens is 3. The van der Waals surface area contributed by atoms with Gasteiger partial charge < -0.3 is 20.1 Å². The second-order valence-corrected chi connectivity index (χ2v) is 9.34. The molecule has 2 N–H and O–H groups in total. The molecule has 180 valence electrons. The summed E-state index contributed by atoms with van der Waals surface area (Å²) >= 11 is 1.61. The van der Waals surface area contributed by atoms with E-state index in [1.165, 1.54) is 6.20 Å². The standard InChI is InChI=1S/C25H25N5O4S/c1-15-19(16(2)30-25(28-15)20(13-27-30)24(26)32)6-8-23(31)29(14-18-4-3-11-35-18)17-5-7-21-22(12-17)34-10-9-33-21/h3-5,7,11-13H,6,8-10,14H2,1-2H3,(H2,26,32). The van der Waals surface area contributed by atoms with Gasteiger partial charge in [0.2, 0.25) is 5.91 Å². The van der Waals surface area contributed by atoms with Crippen molar-refractivity contribution in [2.24, 2.45) is 5.73 Å². The Kier molecular flexibility index (Phi) is 6.12. The van der Waals surface area contributed by atoms with Crippen molar-refractivity contribution in [3.05, 3.63) is 69.3 Å². The molecule has 0 bridgehead atoms. The summed E-state index contributed by atoms with van der Waals surface area (Å²) in [5, 5.41) is 6.28. The van der Waals surface area contributed by atoms with Crippen molar-refractivity contribution in [3.8, 4) is 11.5 Å². The number of fused-ring (bicyclic) bond motifs is 2. The van der Waals surface area contributed by atoms with E-state index < -0.39 is 5.91 Å². The summed E-state index contributed by atoms with van der Waals surface area (Å²) in [6.45, 7) is 5.23. The maximum atomic E-state index is 13.5. The predicted molar refractivity (Wildman–Crippen MR) is 132 cm³/mol. The molecule has 10 heteroatoms. The largest absolute Gasteiger partial charge is 0.486 e. The van der Waals surface area contributed by atoms with Crippen molar-refractivity contribution in [2.75, 3.05) is 18.1 Å². The Hall–Kier alpha value is -3.92. The van der Waals surface area contributed by atoms with Gasteiger partial charge in [-0.3, -0.25) is 9.59 Å². The molecular formula is C25H25N5O4S. The minimum Gasteiger partial charge on any atom is -0.486 e. The van der Waals surface area contributed by atoms with Crippen LogP contribution in [0.1, 0.15) is 38.6 Å². The molecule has 35 heavy (non-hydrogen) atoms. The monoisotopic (exact) mass is 491 g/mol. The molecule has 1 aromatic carbocycles. The normalized spacial score (nSPS) is 12.6. The number of primary amides is 1. The molecule has 1 aliphatic rings. The zero-order chi connectivity index (χ0) is 24.5. The number of benzene rings is 1. The number of hydrogen-bond acceptors (Lipinski definition) is 7. The van der Waals surface area contributed by atoms with E-state index in [0.29, 0.717) is 43.3 Å². The van der Waals surface area contributed by atoms with Crippen LogP contribution in [-0.2, 0) is 17.8 Å². The number of nitrogens with two attached hydrogens (primary N) is 1. The molecule has 0 unspecified atom stereocenters. The second kappa shape index (κ2) is 9.38. The molecule has 5 rings (SSSR count). The Morgan fingerprint density at radius 1 is 1.17 bits per heavy atom. The molecule has 0 aliphatic carbocycles. The van der Waals surface area contributed by atoms with E-state index in [-0.39, 0.29) is 17.9 Å². The summed E-state index contributed by atoms with van der Waals surface area (Å²) in [4.78, 5) is 32.7. The lowest BCUT2D eigenvalue weighted by Gasteiger charge is -2.25. The van der Waals surface area contributed by atoms with E-state index in [9.17, 15) is 9.59 Å². The fourth-order valence-corrected chi connectivity index (χ4v) is 4.99. The molecule has 0 atom stereocenters. The number of aryl methyl sites for hydroxylation is 2. The van der Waals surface area contributed by atoms with Gasteiger partial charge in [-0.15, -0.1) is 11.3 Å². The van der Waals surface area contributed by atoms with E-state index in [0.717, 1.165) is 27.5 Å². The van der Waals surface area contributed by atoms with Gasteiger partial charge in [0.25, 0.3) is 5.91 Å². The Morgan fingerprint density at radius 3 is 2.71 bits per heavy atom. The first-order valence-electron chi connectivity index (χ1n) is 11.3. The van der Waals surface area contributed by atoms with Gasteiger partial charge in [-0.2, -0.15) is 5.10 Å². The molecule has 4 heterocycles. The summed E-state index contributed by atoms with van der Waals surface area (Å²) in [7, 11) is 0. The van der Waals surface area contributed by atoms with Crippen LogP contribution in [-0.4, -0.2) is 39.6 Å². The Bertz CT molecular complexity index is 1410. The molecular weight excluding hydrogens is 466 g/mol. The van der Waals surface area contributed by atoms with Gasteiger partial charge in [0, 0.05) is 34.4 Å². The molecule has 2 amide bonds. The molecule has 0 fully saturated rings. The molecule has 0 saturated carbocycles. The molecule has 0 radical (unpaired) electrons. The smallest absolute Gasteiger partial charge is 0.254 e. The molecule has 9 nitrogen and oxygen atoms in total. The van der Waals surface area contributed by atoms with Gasteiger partial charge >= 0.3 is 0 Å². The summed E-state index contributed by atoms with van der Waals surface area (Å²) in [5.41, 5.74) is 9.41. The molecule has 1 aliphatic heterocycles. The van der Waals surface area contributed by atoms with Crippen molar-refractivity contribution in [2.45, 2.75) is 33.2 Å². The quantitative estimate of drug-likeness (QED) is 0.424. The summed E-state index contributed by atoms with van der Waals surface area (Å²) in [5.74, 6) is 0.733. The number of hydrogen-bond donors (Lipinski definition) is 1. The lowest BCUT2D eigenvalue weighted by molar-refractivity contribution is -0.118. The van der Waals surface area contributed by atoms with Crippen LogP contribution in [0.3, 0.4) is 0 Å². The van der Waals surface area contributed by atoms with Crippen LogP contribution in [0.15, 0.2) is 41.9 Å². The first kappa shape index (κ1) is 22.9. The van der Waals surface area contributed by atoms with Crippen LogP contribution < -0.4 is 20.1 Å². The average molecular weight is 492 g/mol. The molecule has 3 aromatic heterocycles. The van der Waals surface area contributed by atoms with Crippen LogP contribution in [0.5, 0.6) is 11.5 Å². The van der Waals surface area contributed by atoms with Crippen LogP contribution in [0.4, 0.5) is 5.69 Å². The highest BCUT2D eigenvalue weighted by molar-refractivity contribution is 7.09. The number of thiophene rings is 1. The maximum absolute atomic E-state index is 13.5. The van der Waals surface area contributed by atoms with E-state index in [4.69, 9.17) is 15.2 Å². The van der Waals surface area contributed by atoms with Gasteiger partial charge in [-0.25, -0.2) is 9.50 Å². The van der Waals surface area contributed by atoms with Crippen LogP contribution >= 0.6 is 11.3 Å². The fraction of sp³-hybridized carbons (Fsp3) is 0.280.